The predicted octanol–water partition coefficient (Wildman–Crippen LogP) is 3.14. The first-order chi connectivity index (χ1) is 11.9. The number of halogens is 1. The monoisotopic (exact) mass is 342 g/mol. The molecule has 1 N–H and O–H groups in total. The topological polar surface area (TPSA) is 58.6 Å². The van der Waals surface area contributed by atoms with Gasteiger partial charge in [0.2, 0.25) is 5.91 Å². The molecule has 1 heterocycles. The second-order valence-corrected chi connectivity index (χ2v) is 5.97. The number of fused-ring (bicyclic) bond motifs is 1. The zero-order valence-electron chi connectivity index (χ0n) is 14.1. The Morgan fingerprint density at radius 3 is 2.60 bits per heavy atom. The van der Waals surface area contributed by atoms with Gasteiger partial charge in [-0.1, -0.05) is 0 Å². The SMILES string of the molecule is CC(=O)N1CCc2cc(NC(=O)[C@@H](C)Oc3ccc(F)cc3)ccc21. The first kappa shape index (κ1) is 17.0. The molecule has 1 atom stereocenters. The molecule has 6 heteroatoms. The average Bonchev–Trinajstić information content (AvgIpc) is 3.00. The Morgan fingerprint density at radius 1 is 1.20 bits per heavy atom. The van der Waals surface area contributed by atoms with Crippen LogP contribution >= 0.6 is 0 Å². The van der Waals surface area contributed by atoms with E-state index in [9.17, 15) is 14.0 Å². The number of hydrogen-bond acceptors (Lipinski definition) is 3. The number of ether oxygens (including phenoxy) is 1. The minimum atomic E-state index is -0.729. The third-order valence-electron chi connectivity index (χ3n) is 4.12. The van der Waals surface area contributed by atoms with Crippen molar-refractivity contribution >= 4 is 23.2 Å². The van der Waals surface area contributed by atoms with E-state index in [1.807, 2.05) is 12.1 Å². The van der Waals surface area contributed by atoms with E-state index in [1.54, 1.807) is 24.8 Å². The fourth-order valence-electron chi connectivity index (χ4n) is 2.82. The van der Waals surface area contributed by atoms with Gasteiger partial charge >= 0.3 is 0 Å². The van der Waals surface area contributed by atoms with Gasteiger partial charge in [0.25, 0.3) is 5.91 Å². The van der Waals surface area contributed by atoms with Crippen molar-refractivity contribution in [2.75, 3.05) is 16.8 Å². The van der Waals surface area contributed by atoms with Crippen molar-refractivity contribution in [3.8, 4) is 5.75 Å². The smallest absolute Gasteiger partial charge is 0.265 e. The van der Waals surface area contributed by atoms with Crippen LogP contribution in [0.3, 0.4) is 0 Å². The third kappa shape index (κ3) is 3.79. The molecule has 1 aliphatic rings. The van der Waals surface area contributed by atoms with Crippen LogP contribution in [0.5, 0.6) is 5.75 Å². The molecule has 130 valence electrons. The summed E-state index contributed by atoms with van der Waals surface area (Å²) >= 11 is 0. The van der Waals surface area contributed by atoms with Crippen LogP contribution in [0.4, 0.5) is 15.8 Å². The van der Waals surface area contributed by atoms with Gasteiger partial charge < -0.3 is 15.0 Å². The van der Waals surface area contributed by atoms with Crippen LogP contribution in [0.2, 0.25) is 0 Å². The van der Waals surface area contributed by atoms with Crippen LogP contribution in [0.1, 0.15) is 19.4 Å². The van der Waals surface area contributed by atoms with Crippen molar-refractivity contribution in [2.45, 2.75) is 26.4 Å². The first-order valence-corrected chi connectivity index (χ1v) is 8.08. The number of anilines is 2. The lowest BCUT2D eigenvalue weighted by Crippen LogP contribution is -2.30. The van der Waals surface area contributed by atoms with Crippen molar-refractivity contribution < 1.29 is 18.7 Å². The van der Waals surface area contributed by atoms with E-state index < -0.39 is 6.10 Å². The van der Waals surface area contributed by atoms with Crippen LogP contribution in [0.15, 0.2) is 42.5 Å². The molecule has 0 aliphatic carbocycles. The summed E-state index contributed by atoms with van der Waals surface area (Å²) in [7, 11) is 0. The first-order valence-electron chi connectivity index (χ1n) is 8.08. The van der Waals surface area contributed by atoms with Gasteiger partial charge in [-0.05, 0) is 61.4 Å². The Balaban J connectivity index is 1.65. The summed E-state index contributed by atoms with van der Waals surface area (Å²) in [4.78, 5) is 25.6. The number of rotatable bonds is 4. The Bertz CT molecular complexity index is 805. The van der Waals surface area contributed by atoms with Crippen LogP contribution in [-0.4, -0.2) is 24.5 Å². The molecular formula is C19H19FN2O3. The van der Waals surface area contributed by atoms with Gasteiger partial charge in [-0.25, -0.2) is 4.39 Å². The zero-order chi connectivity index (χ0) is 18.0. The van der Waals surface area contributed by atoms with E-state index in [0.717, 1.165) is 17.7 Å². The summed E-state index contributed by atoms with van der Waals surface area (Å²) < 4.78 is 18.4. The fraction of sp³-hybridized carbons (Fsp3) is 0.263. The summed E-state index contributed by atoms with van der Waals surface area (Å²) in [6.07, 6.45) is 0.0349. The maximum Gasteiger partial charge on any atom is 0.265 e. The average molecular weight is 342 g/mol. The van der Waals surface area contributed by atoms with Crippen molar-refractivity contribution in [3.63, 3.8) is 0 Å². The van der Waals surface area contributed by atoms with Crippen molar-refractivity contribution in [1.82, 2.24) is 0 Å². The van der Waals surface area contributed by atoms with Crippen LogP contribution in [0.25, 0.3) is 0 Å². The molecular weight excluding hydrogens is 323 g/mol. The Morgan fingerprint density at radius 2 is 1.92 bits per heavy atom. The molecule has 2 aromatic carbocycles. The van der Waals surface area contributed by atoms with Crippen molar-refractivity contribution in [3.05, 3.63) is 53.8 Å². The summed E-state index contributed by atoms with van der Waals surface area (Å²) in [6.45, 7) is 3.83. The van der Waals surface area contributed by atoms with Crippen molar-refractivity contribution in [2.24, 2.45) is 0 Å². The molecule has 0 spiro atoms. The molecule has 0 bridgehead atoms. The van der Waals surface area contributed by atoms with Gasteiger partial charge in [0.15, 0.2) is 6.10 Å². The maximum absolute atomic E-state index is 12.9. The molecule has 25 heavy (non-hydrogen) atoms. The van der Waals surface area contributed by atoms with E-state index in [4.69, 9.17) is 4.74 Å². The second kappa shape index (κ2) is 6.93. The predicted molar refractivity (Wildman–Crippen MR) is 93.3 cm³/mol. The van der Waals surface area contributed by atoms with Crippen LogP contribution in [0, 0.1) is 5.82 Å². The molecule has 2 aromatic rings. The Labute approximate surface area is 145 Å². The number of nitrogens with zero attached hydrogens (tertiary/aromatic N) is 1. The molecule has 0 unspecified atom stereocenters. The molecule has 1 aliphatic heterocycles. The van der Waals surface area contributed by atoms with Gasteiger partial charge in [-0.2, -0.15) is 0 Å². The standard InChI is InChI=1S/C19H19FN2O3/c1-12(25-17-6-3-15(20)4-7-17)19(24)21-16-5-8-18-14(11-16)9-10-22(18)13(2)23/h3-8,11-12H,9-10H2,1-2H3,(H,21,24)/t12-/m1/s1. The number of nitrogens with one attached hydrogen (secondary N) is 1. The molecule has 0 saturated carbocycles. The fourth-order valence-corrected chi connectivity index (χ4v) is 2.82. The molecule has 0 aromatic heterocycles. The highest BCUT2D eigenvalue weighted by Gasteiger charge is 2.23. The second-order valence-electron chi connectivity index (χ2n) is 5.97. The van der Waals surface area contributed by atoms with E-state index in [2.05, 4.69) is 5.32 Å². The Hall–Kier alpha value is -2.89. The number of amides is 2. The molecule has 0 saturated heterocycles. The molecule has 0 fully saturated rings. The van der Waals surface area contributed by atoms with Crippen molar-refractivity contribution in [1.29, 1.82) is 0 Å². The minimum absolute atomic E-state index is 0.0110. The summed E-state index contributed by atoms with van der Waals surface area (Å²) in [5, 5.41) is 2.81. The largest absolute Gasteiger partial charge is 0.481 e. The molecule has 2 amide bonds. The summed E-state index contributed by atoms with van der Waals surface area (Å²) in [6, 6.07) is 11.0. The van der Waals surface area contributed by atoms with E-state index in [1.165, 1.54) is 24.3 Å². The van der Waals surface area contributed by atoms with Crippen LogP contribution in [-0.2, 0) is 16.0 Å². The zero-order valence-corrected chi connectivity index (χ0v) is 14.1. The molecule has 3 rings (SSSR count). The quantitative estimate of drug-likeness (QED) is 0.929. The van der Waals surface area contributed by atoms with E-state index >= 15 is 0 Å². The number of hydrogen-bond donors (Lipinski definition) is 1. The summed E-state index contributed by atoms with van der Waals surface area (Å²) in [5.41, 5.74) is 2.57. The lowest BCUT2D eigenvalue weighted by atomic mass is 10.1. The number of carbonyl (C=O) groups excluding carboxylic acids is 2. The van der Waals surface area contributed by atoms with Gasteiger partial charge in [-0.15, -0.1) is 0 Å². The van der Waals surface area contributed by atoms with E-state index in [-0.39, 0.29) is 17.6 Å². The highest BCUT2D eigenvalue weighted by molar-refractivity contribution is 5.96. The normalized spacial score (nSPS) is 14.0. The van der Waals surface area contributed by atoms with E-state index in [0.29, 0.717) is 18.0 Å². The van der Waals surface area contributed by atoms with Gasteiger partial charge in [0.05, 0.1) is 0 Å². The minimum Gasteiger partial charge on any atom is -0.481 e. The van der Waals surface area contributed by atoms with Gasteiger partial charge in [-0.3, -0.25) is 9.59 Å². The number of benzene rings is 2. The third-order valence-corrected chi connectivity index (χ3v) is 4.12. The van der Waals surface area contributed by atoms with Gasteiger partial charge in [0.1, 0.15) is 11.6 Å². The lowest BCUT2D eigenvalue weighted by molar-refractivity contribution is -0.122. The Kier molecular flexibility index (Phi) is 4.70. The molecule has 0 radical (unpaired) electrons. The maximum atomic E-state index is 12.9. The summed E-state index contributed by atoms with van der Waals surface area (Å²) in [5.74, 6) is -0.222. The number of carbonyl (C=O) groups is 2. The molecule has 5 nitrogen and oxygen atoms in total. The highest BCUT2D eigenvalue weighted by atomic mass is 19.1. The van der Waals surface area contributed by atoms with Gasteiger partial charge in [0, 0.05) is 24.8 Å². The van der Waals surface area contributed by atoms with Crippen LogP contribution < -0.4 is 15.0 Å². The lowest BCUT2D eigenvalue weighted by Gasteiger charge is -2.16. The highest BCUT2D eigenvalue weighted by Crippen LogP contribution is 2.30.